The van der Waals surface area contributed by atoms with Gasteiger partial charge in [0.15, 0.2) is 11.5 Å². The molecule has 0 saturated heterocycles. The maximum absolute atomic E-state index is 12.2. The standard InChI is InChI=1S/C19H21IN2O4/c1-12(2)26-16-8-5-13(9-18(16)25-4)11-21-22-19(23)14-6-7-15(20)17(10-14)24-3/h5-12H,1-4H3,(H,22,23)/b21-11-. The van der Waals surface area contributed by atoms with Gasteiger partial charge in [-0.3, -0.25) is 4.79 Å². The summed E-state index contributed by atoms with van der Waals surface area (Å²) in [4.78, 5) is 12.2. The molecule has 0 heterocycles. The number of nitrogens with zero attached hydrogens (tertiary/aromatic N) is 1. The Balaban J connectivity index is 2.07. The quantitative estimate of drug-likeness (QED) is 0.381. The van der Waals surface area contributed by atoms with Crippen molar-refractivity contribution in [3.63, 3.8) is 0 Å². The summed E-state index contributed by atoms with van der Waals surface area (Å²) in [7, 11) is 3.15. The Bertz CT molecular complexity index is 806. The fourth-order valence-corrected chi connectivity index (χ4v) is 2.70. The molecule has 0 unspecified atom stereocenters. The summed E-state index contributed by atoms with van der Waals surface area (Å²) in [6, 6.07) is 10.7. The molecule has 6 nitrogen and oxygen atoms in total. The molecule has 7 heteroatoms. The smallest absolute Gasteiger partial charge is 0.271 e. The maximum Gasteiger partial charge on any atom is 0.271 e. The maximum atomic E-state index is 12.2. The number of rotatable bonds is 7. The fraction of sp³-hybridized carbons (Fsp3) is 0.263. The minimum atomic E-state index is -0.317. The first kappa shape index (κ1) is 20.0. The van der Waals surface area contributed by atoms with Gasteiger partial charge in [-0.15, -0.1) is 0 Å². The van der Waals surface area contributed by atoms with Crippen molar-refractivity contribution in [1.82, 2.24) is 5.43 Å². The lowest BCUT2D eigenvalue weighted by Gasteiger charge is -2.13. The highest BCUT2D eigenvalue weighted by Crippen LogP contribution is 2.28. The van der Waals surface area contributed by atoms with Crippen molar-refractivity contribution in [2.24, 2.45) is 5.10 Å². The summed E-state index contributed by atoms with van der Waals surface area (Å²) < 4.78 is 17.2. The Labute approximate surface area is 166 Å². The van der Waals surface area contributed by atoms with Gasteiger partial charge in [0.25, 0.3) is 5.91 Å². The van der Waals surface area contributed by atoms with E-state index >= 15 is 0 Å². The number of ether oxygens (including phenoxy) is 3. The number of benzene rings is 2. The summed E-state index contributed by atoms with van der Waals surface area (Å²) in [5, 5.41) is 4.00. The number of nitrogens with one attached hydrogen (secondary N) is 1. The zero-order valence-corrected chi connectivity index (χ0v) is 17.2. The third-order valence-corrected chi connectivity index (χ3v) is 4.23. The van der Waals surface area contributed by atoms with E-state index < -0.39 is 0 Å². The predicted octanol–water partition coefficient (Wildman–Crippen LogP) is 3.86. The SMILES string of the molecule is COc1cc(C(=O)N/N=C\c2ccc(OC(C)C)c(OC)c2)ccc1I. The minimum absolute atomic E-state index is 0.0497. The van der Waals surface area contributed by atoms with E-state index in [0.717, 1.165) is 9.13 Å². The van der Waals surface area contributed by atoms with Gasteiger partial charge in [-0.1, -0.05) is 0 Å². The molecule has 0 aliphatic carbocycles. The molecule has 0 spiro atoms. The molecule has 2 rings (SSSR count). The largest absolute Gasteiger partial charge is 0.496 e. The zero-order chi connectivity index (χ0) is 19.1. The van der Waals surface area contributed by atoms with Crippen LogP contribution in [0.5, 0.6) is 17.2 Å². The molecule has 0 aliphatic rings. The van der Waals surface area contributed by atoms with E-state index in [1.165, 1.54) is 0 Å². The number of halogens is 1. The van der Waals surface area contributed by atoms with Gasteiger partial charge in [0, 0.05) is 5.56 Å². The molecular weight excluding hydrogens is 447 g/mol. The number of amides is 1. The molecule has 0 saturated carbocycles. The minimum Gasteiger partial charge on any atom is -0.496 e. The normalized spacial score (nSPS) is 10.8. The molecule has 0 fully saturated rings. The van der Waals surface area contributed by atoms with Gasteiger partial charge < -0.3 is 14.2 Å². The van der Waals surface area contributed by atoms with Gasteiger partial charge >= 0.3 is 0 Å². The van der Waals surface area contributed by atoms with E-state index in [-0.39, 0.29) is 12.0 Å². The van der Waals surface area contributed by atoms with Crippen LogP contribution in [-0.4, -0.2) is 32.4 Å². The van der Waals surface area contributed by atoms with E-state index in [1.807, 2.05) is 32.0 Å². The van der Waals surface area contributed by atoms with Crippen LogP contribution in [-0.2, 0) is 0 Å². The van der Waals surface area contributed by atoms with Crippen LogP contribution in [0.15, 0.2) is 41.5 Å². The van der Waals surface area contributed by atoms with E-state index in [1.54, 1.807) is 38.6 Å². The van der Waals surface area contributed by atoms with Crippen LogP contribution in [0.4, 0.5) is 0 Å². The van der Waals surface area contributed by atoms with E-state index in [9.17, 15) is 4.79 Å². The predicted molar refractivity (Wildman–Crippen MR) is 110 cm³/mol. The number of methoxy groups -OCH3 is 2. The van der Waals surface area contributed by atoms with Gasteiger partial charge in [-0.2, -0.15) is 5.10 Å². The summed E-state index contributed by atoms with van der Waals surface area (Å²) >= 11 is 2.14. The lowest BCUT2D eigenvalue weighted by molar-refractivity contribution is 0.0954. The van der Waals surface area contributed by atoms with Crippen LogP contribution in [0.3, 0.4) is 0 Å². The van der Waals surface area contributed by atoms with Gasteiger partial charge in [-0.05, 0) is 78.4 Å². The van der Waals surface area contributed by atoms with Crippen molar-refractivity contribution >= 4 is 34.7 Å². The molecule has 0 atom stereocenters. The molecule has 138 valence electrons. The number of hydrazone groups is 1. The first-order valence-corrected chi connectivity index (χ1v) is 9.04. The summed E-state index contributed by atoms with van der Waals surface area (Å²) in [6.07, 6.45) is 1.59. The van der Waals surface area contributed by atoms with Gasteiger partial charge in [0.1, 0.15) is 5.75 Å². The van der Waals surface area contributed by atoms with E-state index in [2.05, 4.69) is 33.1 Å². The molecular formula is C19H21IN2O4. The third kappa shape index (κ3) is 5.35. The van der Waals surface area contributed by atoms with Crippen molar-refractivity contribution in [3.05, 3.63) is 51.1 Å². The van der Waals surface area contributed by atoms with Crippen LogP contribution in [0, 0.1) is 3.57 Å². The van der Waals surface area contributed by atoms with Crippen LogP contribution in [0.25, 0.3) is 0 Å². The van der Waals surface area contributed by atoms with Crippen molar-refractivity contribution in [3.8, 4) is 17.2 Å². The highest BCUT2D eigenvalue weighted by Gasteiger charge is 2.09. The molecule has 0 aromatic heterocycles. The molecule has 2 aromatic carbocycles. The molecule has 1 N–H and O–H groups in total. The first-order chi connectivity index (χ1) is 12.4. The number of hydrogen-bond donors (Lipinski definition) is 1. The van der Waals surface area contributed by atoms with E-state index in [4.69, 9.17) is 14.2 Å². The van der Waals surface area contributed by atoms with Crippen LogP contribution >= 0.6 is 22.6 Å². The Morgan fingerprint density at radius 2 is 1.81 bits per heavy atom. The Morgan fingerprint density at radius 3 is 2.46 bits per heavy atom. The molecule has 0 bridgehead atoms. The number of hydrogen-bond acceptors (Lipinski definition) is 5. The molecule has 0 radical (unpaired) electrons. The fourth-order valence-electron chi connectivity index (χ4n) is 2.15. The molecule has 2 aromatic rings. The van der Waals surface area contributed by atoms with Gasteiger partial charge in [0.2, 0.25) is 0 Å². The third-order valence-electron chi connectivity index (χ3n) is 3.34. The van der Waals surface area contributed by atoms with Crippen molar-refractivity contribution in [2.75, 3.05) is 14.2 Å². The monoisotopic (exact) mass is 468 g/mol. The van der Waals surface area contributed by atoms with E-state index in [0.29, 0.717) is 22.8 Å². The Morgan fingerprint density at radius 1 is 1.08 bits per heavy atom. The summed E-state index contributed by atoms with van der Waals surface area (Å²) in [5.41, 5.74) is 3.75. The Hall–Kier alpha value is -2.29. The average molecular weight is 468 g/mol. The average Bonchev–Trinajstić information content (AvgIpc) is 2.62. The Kier molecular flexibility index (Phi) is 7.26. The number of carbonyl (C=O) groups excluding carboxylic acids is 1. The molecule has 1 amide bonds. The zero-order valence-electron chi connectivity index (χ0n) is 15.1. The highest BCUT2D eigenvalue weighted by molar-refractivity contribution is 14.1. The van der Waals surface area contributed by atoms with Crippen LogP contribution in [0.1, 0.15) is 29.8 Å². The number of carbonyl (C=O) groups is 1. The van der Waals surface area contributed by atoms with Crippen LogP contribution in [0.2, 0.25) is 0 Å². The molecule has 0 aliphatic heterocycles. The second-order valence-electron chi connectivity index (χ2n) is 5.63. The summed E-state index contributed by atoms with van der Waals surface area (Å²) in [6.45, 7) is 3.90. The van der Waals surface area contributed by atoms with Crippen molar-refractivity contribution < 1.29 is 19.0 Å². The lowest BCUT2D eigenvalue weighted by atomic mass is 10.2. The van der Waals surface area contributed by atoms with Crippen molar-refractivity contribution in [1.29, 1.82) is 0 Å². The summed E-state index contributed by atoms with van der Waals surface area (Å²) in [5.74, 6) is 1.60. The van der Waals surface area contributed by atoms with Gasteiger partial charge in [0.05, 0.1) is 30.1 Å². The second-order valence-corrected chi connectivity index (χ2v) is 6.79. The first-order valence-electron chi connectivity index (χ1n) is 7.96. The van der Waals surface area contributed by atoms with Crippen LogP contribution < -0.4 is 19.6 Å². The topological polar surface area (TPSA) is 69.2 Å². The van der Waals surface area contributed by atoms with Crippen molar-refractivity contribution in [2.45, 2.75) is 20.0 Å². The lowest BCUT2D eigenvalue weighted by Crippen LogP contribution is -2.17. The second kappa shape index (κ2) is 9.42. The van der Waals surface area contributed by atoms with Gasteiger partial charge in [-0.25, -0.2) is 5.43 Å². The highest BCUT2D eigenvalue weighted by atomic mass is 127. The molecule has 26 heavy (non-hydrogen) atoms.